The lowest BCUT2D eigenvalue weighted by Gasteiger charge is -2.27. The molecule has 0 aliphatic rings. The van der Waals surface area contributed by atoms with Gasteiger partial charge in [0.25, 0.3) is 0 Å². The van der Waals surface area contributed by atoms with E-state index in [1.165, 1.54) is 0 Å². The monoisotopic (exact) mass is 290 g/mol. The average Bonchev–Trinajstić information content (AvgIpc) is 2.33. The van der Waals surface area contributed by atoms with E-state index in [-0.39, 0.29) is 6.54 Å². The first kappa shape index (κ1) is 17.7. The van der Waals surface area contributed by atoms with Crippen molar-refractivity contribution in [2.75, 3.05) is 13.7 Å². The minimum absolute atomic E-state index is 0.362. The van der Waals surface area contributed by atoms with Crippen molar-refractivity contribution in [3.05, 3.63) is 0 Å². The van der Waals surface area contributed by atoms with E-state index in [2.05, 4.69) is 10.1 Å². The first-order valence-electron chi connectivity index (χ1n) is 5.77. The van der Waals surface area contributed by atoms with E-state index in [0.717, 1.165) is 12.0 Å². The van der Waals surface area contributed by atoms with Gasteiger partial charge in [-0.15, -0.1) is 0 Å². The number of carbonyl (C=O) groups is 4. The van der Waals surface area contributed by atoms with E-state index in [1.807, 2.05) is 0 Å². The van der Waals surface area contributed by atoms with Crippen LogP contribution >= 0.6 is 0 Å². The summed E-state index contributed by atoms with van der Waals surface area (Å²) in [5, 5.41) is 19.5. The molecule has 0 spiro atoms. The van der Waals surface area contributed by atoms with Crippen molar-refractivity contribution in [2.24, 2.45) is 0 Å². The van der Waals surface area contributed by atoms with Crippen LogP contribution in [-0.4, -0.2) is 64.8 Å². The zero-order valence-corrected chi connectivity index (χ0v) is 11.5. The molecule has 0 saturated carbocycles. The molecule has 114 valence electrons. The summed E-state index contributed by atoms with van der Waals surface area (Å²) in [6.07, 6.45) is -0.759. The van der Waals surface area contributed by atoms with Crippen LogP contribution in [0.1, 0.15) is 20.3 Å². The number of esters is 1. The fourth-order valence-corrected chi connectivity index (χ4v) is 1.30. The molecule has 3 N–H and O–H groups in total. The Balaban J connectivity index is 4.84. The minimum atomic E-state index is -1.57. The maximum atomic E-state index is 11.9. The van der Waals surface area contributed by atoms with Gasteiger partial charge in [-0.25, -0.2) is 9.59 Å². The van der Waals surface area contributed by atoms with Crippen LogP contribution in [0.3, 0.4) is 0 Å². The lowest BCUT2D eigenvalue weighted by Crippen LogP contribution is -2.52. The van der Waals surface area contributed by atoms with Crippen LogP contribution < -0.4 is 5.32 Å². The summed E-state index contributed by atoms with van der Waals surface area (Å²) in [7, 11) is 1.16. The molecule has 0 aromatic heterocycles. The smallest absolute Gasteiger partial charge is 0.326 e. The summed E-state index contributed by atoms with van der Waals surface area (Å²) >= 11 is 0. The molecule has 1 atom stereocenters. The Morgan fingerprint density at radius 3 is 2.10 bits per heavy atom. The van der Waals surface area contributed by atoms with Crippen LogP contribution in [0.5, 0.6) is 0 Å². The number of amides is 2. The number of carbonyl (C=O) groups excluding carboxylic acids is 2. The van der Waals surface area contributed by atoms with Gasteiger partial charge in [0, 0.05) is 6.04 Å². The van der Waals surface area contributed by atoms with Crippen molar-refractivity contribution in [3.8, 4) is 0 Å². The van der Waals surface area contributed by atoms with Crippen molar-refractivity contribution < 1.29 is 34.1 Å². The molecular weight excluding hydrogens is 272 g/mol. The molecule has 20 heavy (non-hydrogen) atoms. The zero-order chi connectivity index (χ0) is 15.9. The number of hydrogen-bond acceptors (Lipinski definition) is 5. The molecule has 0 unspecified atom stereocenters. The van der Waals surface area contributed by atoms with Crippen LogP contribution in [-0.2, 0) is 19.1 Å². The number of carboxylic acids is 2. The Morgan fingerprint density at radius 2 is 1.75 bits per heavy atom. The Kier molecular flexibility index (Phi) is 7.05. The summed E-state index contributed by atoms with van der Waals surface area (Å²) < 4.78 is 4.43. The SMILES string of the molecule is COC(=O)CN(C(=O)N[C@H](CC(=O)O)C(=O)O)C(C)C. The minimum Gasteiger partial charge on any atom is -0.481 e. The Labute approximate surface area is 115 Å². The second-order valence-electron chi connectivity index (χ2n) is 4.24. The molecule has 0 aromatic rings. The highest BCUT2D eigenvalue weighted by atomic mass is 16.5. The number of urea groups is 1. The van der Waals surface area contributed by atoms with Gasteiger partial charge in [0.2, 0.25) is 0 Å². The highest BCUT2D eigenvalue weighted by molar-refractivity contribution is 5.87. The Morgan fingerprint density at radius 1 is 1.20 bits per heavy atom. The topological polar surface area (TPSA) is 133 Å². The third-order valence-corrected chi connectivity index (χ3v) is 2.39. The predicted octanol–water partition coefficient (Wildman–Crippen LogP) is -0.493. The number of hydrogen-bond donors (Lipinski definition) is 3. The first-order chi connectivity index (χ1) is 9.18. The van der Waals surface area contributed by atoms with Gasteiger partial charge < -0.3 is 25.2 Å². The number of nitrogens with zero attached hydrogens (tertiary/aromatic N) is 1. The van der Waals surface area contributed by atoms with Crippen molar-refractivity contribution in [1.29, 1.82) is 0 Å². The molecule has 9 heteroatoms. The van der Waals surface area contributed by atoms with E-state index >= 15 is 0 Å². The zero-order valence-electron chi connectivity index (χ0n) is 11.5. The number of rotatable bonds is 7. The van der Waals surface area contributed by atoms with E-state index < -0.39 is 42.4 Å². The van der Waals surface area contributed by atoms with Crippen LogP contribution in [0, 0.1) is 0 Å². The molecular formula is C11H18N2O7. The number of nitrogens with one attached hydrogen (secondary N) is 1. The molecule has 0 fully saturated rings. The number of aliphatic carboxylic acids is 2. The van der Waals surface area contributed by atoms with Gasteiger partial charge in [0.05, 0.1) is 13.5 Å². The standard InChI is InChI=1S/C11H18N2O7/c1-6(2)13(5-9(16)20-3)11(19)12-7(10(17)18)4-8(14)15/h6-7H,4-5H2,1-3H3,(H,12,19)(H,14,15)(H,17,18)/t7-/m1/s1. The predicted molar refractivity (Wildman–Crippen MR) is 66.1 cm³/mol. The van der Waals surface area contributed by atoms with E-state index in [4.69, 9.17) is 10.2 Å². The first-order valence-corrected chi connectivity index (χ1v) is 5.77. The second-order valence-corrected chi connectivity index (χ2v) is 4.24. The summed E-state index contributed by atoms with van der Waals surface area (Å²) in [5.74, 6) is -3.50. The maximum absolute atomic E-state index is 11.9. The average molecular weight is 290 g/mol. The van der Waals surface area contributed by atoms with Crippen molar-refractivity contribution in [3.63, 3.8) is 0 Å². The van der Waals surface area contributed by atoms with Gasteiger partial charge in [-0.05, 0) is 13.8 Å². The lowest BCUT2D eigenvalue weighted by molar-refractivity contribution is -0.145. The highest BCUT2D eigenvalue weighted by Crippen LogP contribution is 2.02. The van der Waals surface area contributed by atoms with Gasteiger partial charge in [-0.1, -0.05) is 0 Å². The molecule has 0 rings (SSSR count). The quantitative estimate of drug-likeness (QED) is 0.538. The van der Waals surface area contributed by atoms with Gasteiger partial charge in [-0.3, -0.25) is 9.59 Å². The summed E-state index contributed by atoms with van der Waals surface area (Å²) in [6.45, 7) is 2.88. The molecule has 0 aliphatic carbocycles. The lowest BCUT2D eigenvalue weighted by atomic mass is 10.2. The fraction of sp³-hybridized carbons (Fsp3) is 0.636. The Hall–Kier alpha value is -2.32. The van der Waals surface area contributed by atoms with E-state index in [0.29, 0.717) is 0 Å². The third kappa shape index (κ3) is 6.03. The molecule has 0 aliphatic heterocycles. The largest absolute Gasteiger partial charge is 0.481 e. The van der Waals surface area contributed by atoms with Crippen LogP contribution in [0.4, 0.5) is 4.79 Å². The van der Waals surface area contributed by atoms with Crippen molar-refractivity contribution >= 4 is 23.9 Å². The maximum Gasteiger partial charge on any atom is 0.326 e. The number of ether oxygens (including phenoxy) is 1. The second kappa shape index (κ2) is 7.97. The summed E-state index contributed by atoms with van der Waals surface area (Å²) in [5.41, 5.74) is 0. The van der Waals surface area contributed by atoms with Crippen LogP contribution in [0.25, 0.3) is 0 Å². The van der Waals surface area contributed by atoms with Gasteiger partial charge in [0.1, 0.15) is 12.6 Å². The van der Waals surface area contributed by atoms with Gasteiger partial charge in [0.15, 0.2) is 0 Å². The summed E-state index contributed by atoms with van der Waals surface area (Å²) in [4.78, 5) is 45.5. The van der Waals surface area contributed by atoms with E-state index in [1.54, 1.807) is 13.8 Å². The summed E-state index contributed by atoms with van der Waals surface area (Å²) in [6, 6.07) is -2.81. The molecule has 0 aromatic carbocycles. The van der Waals surface area contributed by atoms with Gasteiger partial charge >= 0.3 is 23.9 Å². The molecule has 0 heterocycles. The number of methoxy groups -OCH3 is 1. The van der Waals surface area contributed by atoms with Crippen LogP contribution in [0.15, 0.2) is 0 Å². The highest BCUT2D eigenvalue weighted by Gasteiger charge is 2.27. The normalized spacial score (nSPS) is 11.6. The van der Waals surface area contributed by atoms with E-state index in [9.17, 15) is 19.2 Å². The van der Waals surface area contributed by atoms with Crippen molar-refractivity contribution in [2.45, 2.75) is 32.4 Å². The molecule has 9 nitrogen and oxygen atoms in total. The number of carboxylic acid groups (broad SMARTS) is 2. The molecule has 2 amide bonds. The Bertz CT molecular complexity index is 394. The van der Waals surface area contributed by atoms with Gasteiger partial charge in [-0.2, -0.15) is 0 Å². The van der Waals surface area contributed by atoms with Crippen LogP contribution in [0.2, 0.25) is 0 Å². The fourth-order valence-electron chi connectivity index (χ4n) is 1.30. The molecule has 0 radical (unpaired) electrons. The molecule has 0 bridgehead atoms. The van der Waals surface area contributed by atoms with Crippen molar-refractivity contribution in [1.82, 2.24) is 10.2 Å². The third-order valence-electron chi connectivity index (χ3n) is 2.39. The molecule has 0 saturated heterocycles.